The topological polar surface area (TPSA) is 71.2 Å². The van der Waals surface area contributed by atoms with Crippen LogP contribution < -0.4 is 11.1 Å². The van der Waals surface area contributed by atoms with Crippen molar-refractivity contribution in [2.24, 2.45) is 0 Å². The van der Waals surface area contributed by atoms with Crippen LogP contribution >= 0.6 is 11.3 Å². The highest BCUT2D eigenvalue weighted by Crippen LogP contribution is 2.20. The van der Waals surface area contributed by atoms with Gasteiger partial charge in [0, 0.05) is 18.5 Å². The van der Waals surface area contributed by atoms with E-state index >= 15 is 0 Å². The Bertz CT molecular complexity index is 670. The van der Waals surface area contributed by atoms with Gasteiger partial charge < -0.3 is 11.1 Å². The van der Waals surface area contributed by atoms with Crippen molar-refractivity contribution in [2.45, 2.75) is 32.5 Å². The van der Waals surface area contributed by atoms with E-state index in [0.717, 1.165) is 25.2 Å². The molecule has 2 heterocycles. The standard InChI is InChI=1S/C16H20N4OS/c1-11(15(21)18-8-14-10-22-16(17)19-14)20-7-6-12-4-2-3-5-13(12)9-20/h2-5,10-11H,6-9H2,1H3,(H2,17,19)(H,18,21). The van der Waals surface area contributed by atoms with E-state index in [4.69, 9.17) is 5.73 Å². The maximum atomic E-state index is 12.3. The summed E-state index contributed by atoms with van der Waals surface area (Å²) >= 11 is 1.39. The summed E-state index contributed by atoms with van der Waals surface area (Å²) in [5.41, 5.74) is 9.12. The molecule has 0 aliphatic carbocycles. The highest BCUT2D eigenvalue weighted by Gasteiger charge is 2.24. The fourth-order valence-corrected chi connectivity index (χ4v) is 3.31. The van der Waals surface area contributed by atoms with E-state index in [1.54, 1.807) is 0 Å². The van der Waals surface area contributed by atoms with Crippen LogP contribution in [-0.4, -0.2) is 28.4 Å². The molecule has 5 nitrogen and oxygen atoms in total. The number of aromatic nitrogens is 1. The Kier molecular flexibility index (Phi) is 4.40. The normalized spacial score (nSPS) is 16.0. The number of benzene rings is 1. The van der Waals surface area contributed by atoms with Gasteiger partial charge in [-0.25, -0.2) is 4.98 Å². The molecule has 1 aliphatic heterocycles. The van der Waals surface area contributed by atoms with Crippen LogP contribution in [0, 0.1) is 0 Å². The van der Waals surface area contributed by atoms with Crippen molar-refractivity contribution in [1.82, 2.24) is 15.2 Å². The molecule has 1 aliphatic rings. The molecule has 3 N–H and O–H groups in total. The van der Waals surface area contributed by atoms with Crippen LogP contribution in [0.3, 0.4) is 0 Å². The van der Waals surface area contributed by atoms with Gasteiger partial charge in [-0.1, -0.05) is 24.3 Å². The molecule has 116 valence electrons. The summed E-state index contributed by atoms with van der Waals surface area (Å²) in [7, 11) is 0. The Morgan fingerprint density at radius 1 is 1.45 bits per heavy atom. The molecule has 1 atom stereocenters. The van der Waals surface area contributed by atoms with E-state index in [1.165, 1.54) is 22.5 Å². The Hall–Kier alpha value is -1.92. The number of nitrogens with two attached hydrogens (primary N) is 1. The summed E-state index contributed by atoms with van der Waals surface area (Å²) in [6, 6.07) is 8.29. The van der Waals surface area contributed by atoms with E-state index in [1.807, 2.05) is 12.3 Å². The number of carbonyl (C=O) groups excluding carboxylic acids is 1. The molecule has 3 rings (SSSR count). The number of hydrogen-bond acceptors (Lipinski definition) is 5. The minimum Gasteiger partial charge on any atom is -0.375 e. The zero-order valence-corrected chi connectivity index (χ0v) is 13.4. The first kappa shape index (κ1) is 15.0. The fraction of sp³-hybridized carbons (Fsp3) is 0.375. The monoisotopic (exact) mass is 316 g/mol. The summed E-state index contributed by atoms with van der Waals surface area (Å²) in [4.78, 5) is 18.7. The second-order valence-corrected chi connectivity index (χ2v) is 6.45. The molecule has 22 heavy (non-hydrogen) atoms. The third-order valence-electron chi connectivity index (χ3n) is 4.10. The second kappa shape index (κ2) is 6.46. The molecule has 1 unspecified atom stereocenters. The predicted molar refractivity (Wildman–Crippen MR) is 88.4 cm³/mol. The van der Waals surface area contributed by atoms with Gasteiger partial charge in [0.1, 0.15) is 0 Å². The van der Waals surface area contributed by atoms with Crippen LogP contribution in [0.2, 0.25) is 0 Å². The number of carbonyl (C=O) groups is 1. The number of anilines is 1. The lowest BCUT2D eigenvalue weighted by Crippen LogP contribution is -2.46. The summed E-state index contributed by atoms with van der Waals surface area (Å²) < 4.78 is 0. The number of fused-ring (bicyclic) bond motifs is 1. The van der Waals surface area contributed by atoms with Crippen molar-refractivity contribution >= 4 is 22.4 Å². The molecular formula is C16H20N4OS. The molecular weight excluding hydrogens is 296 g/mol. The van der Waals surface area contributed by atoms with Gasteiger partial charge in [0.15, 0.2) is 5.13 Å². The van der Waals surface area contributed by atoms with Gasteiger partial charge in [-0.05, 0) is 24.5 Å². The number of hydrogen-bond donors (Lipinski definition) is 2. The highest BCUT2D eigenvalue weighted by molar-refractivity contribution is 7.13. The number of nitrogens with one attached hydrogen (secondary N) is 1. The summed E-state index contributed by atoms with van der Waals surface area (Å²) in [5, 5.41) is 5.35. The number of nitrogen functional groups attached to an aromatic ring is 1. The van der Waals surface area contributed by atoms with Gasteiger partial charge in [0.2, 0.25) is 5.91 Å². The molecule has 0 radical (unpaired) electrons. The minimum atomic E-state index is -0.149. The molecule has 0 bridgehead atoms. The maximum Gasteiger partial charge on any atom is 0.237 e. The molecule has 2 aromatic rings. The quantitative estimate of drug-likeness (QED) is 0.902. The molecule has 0 saturated heterocycles. The minimum absolute atomic E-state index is 0.0333. The zero-order chi connectivity index (χ0) is 15.5. The third kappa shape index (κ3) is 3.28. The summed E-state index contributed by atoms with van der Waals surface area (Å²) in [5.74, 6) is 0.0333. The Morgan fingerprint density at radius 2 is 2.23 bits per heavy atom. The van der Waals surface area contributed by atoms with Crippen LogP contribution in [0.5, 0.6) is 0 Å². The average Bonchev–Trinajstić information content (AvgIpc) is 2.97. The molecule has 1 amide bonds. The SMILES string of the molecule is CC(C(=O)NCc1csc(N)n1)N1CCc2ccccc2C1. The predicted octanol–water partition coefficient (Wildman–Crippen LogP) is 1.79. The zero-order valence-electron chi connectivity index (χ0n) is 12.6. The van der Waals surface area contributed by atoms with Crippen LogP contribution in [0.15, 0.2) is 29.6 Å². The van der Waals surface area contributed by atoms with Gasteiger partial charge >= 0.3 is 0 Å². The van der Waals surface area contributed by atoms with Crippen LogP contribution in [0.1, 0.15) is 23.7 Å². The first-order valence-electron chi connectivity index (χ1n) is 7.42. The second-order valence-electron chi connectivity index (χ2n) is 5.56. The number of amides is 1. The first-order valence-corrected chi connectivity index (χ1v) is 8.30. The summed E-state index contributed by atoms with van der Waals surface area (Å²) in [6.45, 7) is 4.13. The van der Waals surface area contributed by atoms with Gasteiger partial charge in [0.25, 0.3) is 0 Å². The van der Waals surface area contributed by atoms with E-state index in [9.17, 15) is 4.79 Å². The average molecular weight is 316 g/mol. The summed E-state index contributed by atoms with van der Waals surface area (Å²) in [6.07, 6.45) is 0.996. The van der Waals surface area contributed by atoms with E-state index in [-0.39, 0.29) is 11.9 Å². The van der Waals surface area contributed by atoms with Crippen LogP contribution in [-0.2, 0) is 24.3 Å². The number of nitrogens with zero attached hydrogens (tertiary/aromatic N) is 2. The van der Waals surface area contributed by atoms with E-state index in [0.29, 0.717) is 11.7 Å². The lowest BCUT2D eigenvalue weighted by Gasteiger charge is -2.32. The number of thiazole rings is 1. The molecule has 1 aromatic heterocycles. The van der Waals surface area contributed by atoms with E-state index in [2.05, 4.69) is 39.5 Å². The number of rotatable bonds is 4. The largest absolute Gasteiger partial charge is 0.375 e. The fourth-order valence-electron chi connectivity index (χ4n) is 2.74. The van der Waals surface area contributed by atoms with E-state index < -0.39 is 0 Å². The van der Waals surface area contributed by atoms with Gasteiger partial charge in [-0.3, -0.25) is 9.69 Å². The van der Waals surface area contributed by atoms with Crippen LogP contribution in [0.4, 0.5) is 5.13 Å². The van der Waals surface area contributed by atoms with Gasteiger partial charge in [0.05, 0.1) is 18.3 Å². The molecule has 0 fully saturated rings. The first-order chi connectivity index (χ1) is 10.6. The molecule has 0 saturated carbocycles. The van der Waals surface area contributed by atoms with Gasteiger partial charge in [-0.15, -0.1) is 11.3 Å². The Morgan fingerprint density at radius 3 is 2.95 bits per heavy atom. The molecule has 0 spiro atoms. The van der Waals surface area contributed by atoms with Crippen molar-refractivity contribution in [3.8, 4) is 0 Å². The van der Waals surface area contributed by atoms with Crippen LogP contribution in [0.25, 0.3) is 0 Å². The smallest absolute Gasteiger partial charge is 0.237 e. The van der Waals surface area contributed by atoms with Crippen molar-refractivity contribution in [3.05, 3.63) is 46.5 Å². The lowest BCUT2D eigenvalue weighted by atomic mass is 9.99. The van der Waals surface area contributed by atoms with Crippen molar-refractivity contribution < 1.29 is 4.79 Å². The molecule has 6 heteroatoms. The highest BCUT2D eigenvalue weighted by atomic mass is 32.1. The lowest BCUT2D eigenvalue weighted by molar-refractivity contribution is -0.126. The van der Waals surface area contributed by atoms with Crippen molar-refractivity contribution in [1.29, 1.82) is 0 Å². The van der Waals surface area contributed by atoms with Crippen molar-refractivity contribution in [3.63, 3.8) is 0 Å². The van der Waals surface area contributed by atoms with Crippen molar-refractivity contribution in [2.75, 3.05) is 12.3 Å². The Labute approximate surface area is 134 Å². The van der Waals surface area contributed by atoms with Gasteiger partial charge in [-0.2, -0.15) is 0 Å². The Balaban J connectivity index is 1.57. The maximum absolute atomic E-state index is 12.3. The molecule has 1 aromatic carbocycles. The third-order valence-corrected chi connectivity index (χ3v) is 4.82.